The number of methoxy groups -OCH3 is 1. The summed E-state index contributed by atoms with van der Waals surface area (Å²) in [4.78, 5) is 18.9. The van der Waals surface area contributed by atoms with Crippen LogP contribution < -0.4 is 26.4 Å². The monoisotopic (exact) mass is 531 g/mol. The lowest BCUT2D eigenvalue weighted by Gasteiger charge is -2.43. The number of nitrogens with two attached hydrogens (primary N) is 2. The van der Waals surface area contributed by atoms with E-state index >= 15 is 0 Å². The molecule has 1 fully saturated rings. The van der Waals surface area contributed by atoms with Crippen molar-refractivity contribution in [2.75, 3.05) is 37.1 Å². The number of amidine groups is 1. The minimum absolute atomic E-state index is 0.0131. The molecule has 0 bridgehead atoms. The number of rotatable bonds is 7. The highest BCUT2D eigenvalue weighted by molar-refractivity contribution is 6.01. The van der Waals surface area contributed by atoms with Gasteiger partial charge in [-0.1, -0.05) is 0 Å². The number of aliphatic hydroxyl groups excluding tert-OH is 1. The van der Waals surface area contributed by atoms with Crippen molar-refractivity contribution in [3.05, 3.63) is 47.9 Å². The van der Waals surface area contributed by atoms with E-state index in [9.17, 15) is 18.3 Å². The Labute approximate surface area is 216 Å². The third kappa shape index (κ3) is 4.72. The smallest absolute Gasteiger partial charge is 0.265 e. The molecular weight excluding hydrogens is 503 g/mol. The summed E-state index contributed by atoms with van der Waals surface area (Å²) < 4.78 is 47.9. The van der Waals surface area contributed by atoms with Crippen molar-refractivity contribution in [3.63, 3.8) is 0 Å². The van der Waals surface area contributed by atoms with Crippen molar-refractivity contribution in [2.24, 2.45) is 16.5 Å². The maximum atomic E-state index is 14.4. The van der Waals surface area contributed by atoms with E-state index in [1.807, 2.05) is 4.57 Å². The summed E-state index contributed by atoms with van der Waals surface area (Å²) in [5.74, 6) is 0.732. The number of aliphatic hydroxyl groups is 1. The molecule has 0 radical (unpaired) electrons. The van der Waals surface area contributed by atoms with Gasteiger partial charge in [0.25, 0.3) is 12.4 Å². The van der Waals surface area contributed by atoms with Gasteiger partial charge in [0, 0.05) is 30.4 Å². The first-order valence-corrected chi connectivity index (χ1v) is 12.0. The first-order valence-electron chi connectivity index (χ1n) is 12.0. The van der Waals surface area contributed by atoms with Gasteiger partial charge in [-0.05, 0) is 31.0 Å². The molecule has 38 heavy (non-hydrogen) atoms. The van der Waals surface area contributed by atoms with Crippen LogP contribution in [-0.4, -0.2) is 75.4 Å². The molecule has 14 heteroatoms. The fourth-order valence-electron chi connectivity index (χ4n) is 4.90. The first kappa shape index (κ1) is 25.7. The van der Waals surface area contributed by atoms with Crippen LogP contribution in [-0.2, 0) is 6.54 Å². The number of halogens is 3. The molecule has 3 aromatic rings. The van der Waals surface area contributed by atoms with Crippen LogP contribution in [0.5, 0.6) is 5.75 Å². The van der Waals surface area contributed by atoms with Gasteiger partial charge in [0.2, 0.25) is 0 Å². The summed E-state index contributed by atoms with van der Waals surface area (Å²) in [7, 11) is 1.35. The van der Waals surface area contributed by atoms with Gasteiger partial charge >= 0.3 is 0 Å². The first-order chi connectivity index (χ1) is 18.2. The van der Waals surface area contributed by atoms with Crippen LogP contribution in [0.25, 0.3) is 11.3 Å². The number of nitrogens with zero attached hydrogens (tertiary/aromatic N) is 6. The largest absolute Gasteiger partial charge is 0.492 e. The number of pyridine rings is 2. The average Bonchev–Trinajstić information content (AvgIpc) is 3.32. The predicted molar refractivity (Wildman–Crippen MR) is 135 cm³/mol. The van der Waals surface area contributed by atoms with E-state index in [-0.39, 0.29) is 31.9 Å². The highest BCUT2D eigenvalue weighted by Gasteiger charge is 2.43. The molecule has 0 amide bonds. The quantitative estimate of drug-likeness (QED) is 0.333. The van der Waals surface area contributed by atoms with Gasteiger partial charge < -0.3 is 36.1 Å². The number of imidazole rings is 1. The third-order valence-corrected chi connectivity index (χ3v) is 6.87. The minimum atomic E-state index is -2.97. The number of alkyl halides is 2. The highest BCUT2D eigenvalue weighted by Crippen LogP contribution is 2.33. The molecule has 5 rings (SSSR count). The van der Waals surface area contributed by atoms with E-state index < -0.39 is 24.0 Å². The Kier molecular flexibility index (Phi) is 6.84. The highest BCUT2D eigenvalue weighted by atomic mass is 19.3. The number of fused-ring (bicyclic) bond motifs is 1. The zero-order chi connectivity index (χ0) is 27.0. The van der Waals surface area contributed by atoms with Gasteiger partial charge in [0.1, 0.15) is 35.9 Å². The average molecular weight is 532 g/mol. The molecular formula is C24H28F3N9O2. The van der Waals surface area contributed by atoms with Crippen LogP contribution in [0.3, 0.4) is 0 Å². The molecule has 11 nitrogen and oxygen atoms in total. The molecule has 202 valence electrons. The molecule has 0 unspecified atom stereocenters. The second kappa shape index (κ2) is 10.1. The summed E-state index contributed by atoms with van der Waals surface area (Å²) in [5, 5.41) is 13.3. The molecule has 5 heterocycles. The lowest BCUT2D eigenvalue weighted by Crippen LogP contribution is -2.63. The molecule has 2 aliphatic rings. The number of aromatic nitrogens is 4. The molecule has 3 aromatic heterocycles. The van der Waals surface area contributed by atoms with Gasteiger partial charge in [-0.2, -0.15) is 4.39 Å². The second-order valence-corrected chi connectivity index (χ2v) is 9.38. The maximum Gasteiger partial charge on any atom is 0.265 e. The summed E-state index contributed by atoms with van der Waals surface area (Å²) in [6.07, 6.45) is -1.07. The van der Waals surface area contributed by atoms with Crippen LogP contribution in [0.2, 0.25) is 0 Å². The van der Waals surface area contributed by atoms with Crippen LogP contribution in [0.1, 0.15) is 24.1 Å². The molecule has 2 aliphatic heterocycles. The Hall–Kier alpha value is -3.91. The number of aliphatic imine (C=N–C) groups is 1. The zero-order valence-electron chi connectivity index (χ0n) is 20.6. The van der Waals surface area contributed by atoms with Crippen LogP contribution >= 0.6 is 0 Å². The molecule has 0 saturated carbocycles. The van der Waals surface area contributed by atoms with E-state index in [0.717, 1.165) is 0 Å². The number of ether oxygens (including phenoxy) is 1. The predicted octanol–water partition coefficient (Wildman–Crippen LogP) is 1.55. The van der Waals surface area contributed by atoms with Crippen molar-refractivity contribution in [2.45, 2.75) is 37.5 Å². The fraction of sp³-hybridized carbons (Fsp3) is 0.417. The van der Waals surface area contributed by atoms with Crippen LogP contribution in [0, 0.1) is 5.95 Å². The Balaban J connectivity index is 1.55. The second-order valence-electron chi connectivity index (χ2n) is 9.38. The van der Waals surface area contributed by atoms with Gasteiger partial charge in [0.05, 0.1) is 31.2 Å². The van der Waals surface area contributed by atoms with Crippen molar-refractivity contribution in [1.29, 1.82) is 0 Å². The summed E-state index contributed by atoms with van der Waals surface area (Å²) in [6.45, 7) is 1.04. The van der Waals surface area contributed by atoms with Gasteiger partial charge in [0.15, 0.2) is 5.75 Å². The maximum absolute atomic E-state index is 14.4. The summed E-state index contributed by atoms with van der Waals surface area (Å²) >= 11 is 0. The van der Waals surface area contributed by atoms with Crippen molar-refractivity contribution in [3.8, 4) is 17.0 Å². The fourth-order valence-corrected chi connectivity index (χ4v) is 4.90. The number of nitrogens with one attached hydrogen (secondary N) is 1. The summed E-state index contributed by atoms with van der Waals surface area (Å²) in [5.41, 5.74) is 12.8. The Morgan fingerprint density at radius 3 is 2.84 bits per heavy atom. The van der Waals surface area contributed by atoms with Crippen molar-refractivity contribution < 1.29 is 23.0 Å². The van der Waals surface area contributed by atoms with Crippen LogP contribution in [0.15, 0.2) is 35.7 Å². The SMILES string of the molecule is COc1ccc(-c2cnc(N3CCC[C@](N)([C@H](O)C(F)F)C3)c(Cn3cnc4c3NCN=C4N)c2)nc1F. The van der Waals surface area contributed by atoms with Crippen molar-refractivity contribution >= 4 is 17.5 Å². The zero-order valence-corrected chi connectivity index (χ0v) is 20.6. The molecule has 0 spiro atoms. The lowest BCUT2D eigenvalue weighted by atomic mass is 9.84. The third-order valence-electron chi connectivity index (χ3n) is 6.87. The summed E-state index contributed by atoms with van der Waals surface area (Å²) in [6, 6.07) is 4.90. The Bertz CT molecular complexity index is 1370. The Morgan fingerprint density at radius 1 is 1.29 bits per heavy atom. The van der Waals surface area contributed by atoms with Gasteiger partial charge in [-0.25, -0.2) is 28.7 Å². The molecule has 1 saturated heterocycles. The normalized spacial score (nSPS) is 20.1. The molecule has 6 N–H and O–H groups in total. The van der Waals surface area contributed by atoms with Crippen LogP contribution in [0.4, 0.5) is 24.8 Å². The molecule has 2 atom stereocenters. The van der Waals surface area contributed by atoms with Gasteiger partial charge in [-0.15, -0.1) is 0 Å². The number of piperidine rings is 1. The number of hydrogen-bond donors (Lipinski definition) is 4. The standard InChI is InChI=1S/C24H28F3N9O2/c1-38-16-4-3-15(34-20(16)27)13-7-14(9-36-12-33-17-21(28)31-11-32-23(17)36)22(30-8-13)35-6-2-5-24(29,10-35)18(37)19(25)26/h3-4,7-8,12,18-19,32,37H,2,5-6,9-11,29H2,1H3,(H2,28,31)/t18-,24-/m1/s1. The Morgan fingerprint density at radius 2 is 2.11 bits per heavy atom. The number of anilines is 2. The van der Waals surface area contributed by atoms with E-state index in [0.29, 0.717) is 53.0 Å². The van der Waals surface area contributed by atoms with E-state index in [1.54, 1.807) is 23.4 Å². The topological polar surface area (TPSA) is 153 Å². The lowest BCUT2D eigenvalue weighted by molar-refractivity contribution is -0.0529. The molecule has 0 aromatic carbocycles. The minimum Gasteiger partial charge on any atom is -0.492 e. The van der Waals surface area contributed by atoms with E-state index in [4.69, 9.17) is 16.2 Å². The van der Waals surface area contributed by atoms with Gasteiger partial charge in [-0.3, -0.25) is 0 Å². The van der Waals surface area contributed by atoms with Crippen molar-refractivity contribution in [1.82, 2.24) is 19.5 Å². The molecule has 0 aliphatic carbocycles. The van der Waals surface area contributed by atoms with E-state index in [2.05, 4.69) is 25.3 Å². The van der Waals surface area contributed by atoms with E-state index in [1.165, 1.54) is 19.4 Å². The number of hydrogen-bond acceptors (Lipinski definition) is 10.